The molecule has 4 fully saturated rings. The molecule has 8 nitrogen and oxygen atoms in total. The van der Waals surface area contributed by atoms with Crippen LogP contribution in [-0.4, -0.2) is 60.3 Å². The highest BCUT2D eigenvalue weighted by atomic mass is 32.2. The zero-order valence-corrected chi connectivity index (χ0v) is 17.5. The van der Waals surface area contributed by atoms with Gasteiger partial charge < -0.3 is 15.2 Å². The molecule has 4 atom stereocenters. The molecule has 1 saturated carbocycles. The van der Waals surface area contributed by atoms with Gasteiger partial charge in [0, 0.05) is 36.7 Å². The second-order valence-electron chi connectivity index (χ2n) is 9.11. The van der Waals surface area contributed by atoms with Crippen molar-refractivity contribution in [2.75, 3.05) is 13.1 Å². The Morgan fingerprint density at radius 3 is 2.62 bits per heavy atom. The standard InChI is InChI=1S/C20H30N4O4S/c25-20(18-11-19(28-23-18)13-4-5-13)22-14-9-15-6-7-16(10-14)24(15)29(26,27)17-3-1-2-8-21-12-17/h11,13-17,21H,1-10,12H2,(H,22,25)/t14?,15-,16+,17-/m1/s1. The van der Waals surface area contributed by atoms with Crippen molar-refractivity contribution >= 4 is 15.9 Å². The Morgan fingerprint density at radius 2 is 1.90 bits per heavy atom. The maximum absolute atomic E-state index is 13.4. The van der Waals surface area contributed by atoms with E-state index in [4.69, 9.17) is 4.52 Å². The fraction of sp³-hybridized carbons (Fsp3) is 0.800. The number of aromatic nitrogens is 1. The Morgan fingerprint density at radius 1 is 1.14 bits per heavy atom. The molecule has 1 aromatic heterocycles. The van der Waals surface area contributed by atoms with E-state index in [1.807, 2.05) is 0 Å². The van der Waals surface area contributed by atoms with Gasteiger partial charge in [0.05, 0.1) is 5.25 Å². The summed E-state index contributed by atoms with van der Waals surface area (Å²) in [5.74, 6) is 1.01. The van der Waals surface area contributed by atoms with Crippen molar-refractivity contribution in [3.05, 3.63) is 17.5 Å². The van der Waals surface area contributed by atoms with E-state index in [2.05, 4.69) is 15.8 Å². The third-order valence-electron chi connectivity index (χ3n) is 6.96. The summed E-state index contributed by atoms with van der Waals surface area (Å²) in [7, 11) is -3.32. The molecule has 3 saturated heterocycles. The van der Waals surface area contributed by atoms with E-state index in [9.17, 15) is 13.2 Å². The first kappa shape index (κ1) is 19.5. The number of amides is 1. The predicted molar refractivity (Wildman–Crippen MR) is 107 cm³/mol. The number of sulfonamides is 1. The molecule has 0 radical (unpaired) electrons. The first-order chi connectivity index (χ1) is 14.0. The molecule has 3 aliphatic heterocycles. The van der Waals surface area contributed by atoms with Crippen molar-refractivity contribution < 1.29 is 17.7 Å². The fourth-order valence-corrected chi connectivity index (χ4v) is 7.65. The van der Waals surface area contributed by atoms with E-state index in [0.29, 0.717) is 31.0 Å². The normalized spacial score (nSPS) is 33.4. The summed E-state index contributed by atoms with van der Waals surface area (Å²) >= 11 is 0. The van der Waals surface area contributed by atoms with Crippen LogP contribution in [0.3, 0.4) is 0 Å². The third kappa shape index (κ3) is 3.84. The van der Waals surface area contributed by atoms with Gasteiger partial charge in [-0.15, -0.1) is 0 Å². The summed E-state index contributed by atoms with van der Waals surface area (Å²) in [5.41, 5.74) is 0.332. The van der Waals surface area contributed by atoms with Crippen molar-refractivity contribution in [2.45, 2.75) is 87.1 Å². The molecule has 2 bridgehead atoms. The lowest BCUT2D eigenvalue weighted by atomic mass is 9.99. The average Bonchev–Trinajstić information content (AvgIpc) is 3.43. The quantitative estimate of drug-likeness (QED) is 0.749. The molecule has 9 heteroatoms. The SMILES string of the molecule is O=C(NC1C[C@H]2CC[C@@H](C1)N2S(=O)(=O)[C@@H]1CCCCNC1)c1cc(C2CC2)on1. The summed E-state index contributed by atoms with van der Waals surface area (Å²) in [4.78, 5) is 12.6. The smallest absolute Gasteiger partial charge is 0.273 e. The minimum Gasteiger partial charge on any atom is -0.360 e. The van der Waals surface area contributed by atoms with Crippen LogP contribution in [0.1, 0.15) is 80.0 Å². The Balaban J connectivity index is 1.24. The number of rotatable bonds is 5. The van der Waals surface area contributed by atoms with Crippen LogP contribution in [0.5, 0.6) is 0 Å². The monoisotopic (exact) mass is 422 g/mol. The highest BCUT2D eigenvalue weighted by molar-refractivity contribution is 7.89. The van der Waals surface area contributed by atoms with E-state index in [1.165, 1.54) is 0 Å². The minimum atomic E-state index is -3.32. The van der Waals surface area contributed by atoms with E-state index < -0.39 is 10.0 Å². The number of piperidine rings is 1. The lowest BCUT2D eigenvalue weighted by Crippen LogP contribution is -2.55. The molecule has 0 aromatic carbocycles. The first-order valence-corrected chi connectivity index (χ1v) is 12.5. The largest absolute Gasteiger partial charge is 0.360 e. The molecule has 0 spiro atoms. The van der Waals surface area contributed by atoms with Crippen LogP contribution in [0.4, 0.5) is 0 Å². The van der Waals surface area contributed by atoms with E-state index in [0.717, 1.165) is 57.3 Å². The van der Waals surface area contributed by atoms with Crippen LogP contribution >= 0.6 is 0 Å². The van der Waals surface area contributed by atoms with Gasteiger partial charge in [0.1, 0.15) is 5.76 Å². The van der Waals surface area contributed by atoms with Gasteiger partial charge in [-0.1, -0.05) is 11.6 Å². The van der Waals surface area contributed by atoms with Gasteiger partial charge in [-0.3, -0.25) is 4.79 Å². The van der Waals surface area contributed by atoms with Gasteiger partial charge in [0.25, 0.3) is 5.91 Å². The Bertz CT molecular complexity index is 844. The van der Waals surface area contributed by atoms with Gasteiger partial charge in [0.15, 0.2) is 5.69 Å². The van der Waals surface area contributed by atoms with Crippen molar-refractivity contribution in [2.24, 2.45) is 0 Å². The summed E-state index contributed by atoms with van der Waals surface area (Å²) in [6.45, 7) is 1.45. The average molecular weight is 423 g/mol. The number of hydrogen-bond acceptors (Lipinski definition) is 6. The number of hydrogen-bond donors (Lipinski definition) is 2. The van der Waals surface area contributed by atoms with Crippen LogP contribution in [0.15, 0.2) is 10.6 Å². The molecule has 29 heavy (non-hydrogen) atoms. The predicted octanol–water partition coefficient (Wildman–Crippen LogP) is 1.75. The van der Waals surface area contributed by atoms with Crippen LogP contribution < -0.4 is 10.6 Å². The number of nitrogens with one attached hydrogen (secondary N) is 2. The molecule has 1 unspecified atom stereocenters. The molecular weight excluding hydrogens is 392 g/mol. The Hall–Kier alpha value is -1.45. The van der Waals surface area contributed by atoms with Crippen molar-refractivity contribution in [1.82, 2.24) is 20.1 Å². The lowest BCUT2D eigenvalue weighted by molar-refractivity contribution is 0.0899. The molecule has 1 aliphatic carbocycles. The molecule has 1 aromatic rings. The van der Waals surface area contributed by atoms with E-state index in [-0.39, 0.29) is 29.3 Å². The summed E-state index contributed by atoms with van der Waals surface area (Å²) in [6, 6.07) is 1.72. The first-order valence-electron chi connectivity index (χ1n) is 11.0. The molecule has 1 amide bonds. The Kier molecular flexibility index (Phi) is 5.16. The zero-order chi connectivity index (χ0) is 20.0. The highest BCUT2D eigenvalue weighted by Gasteiger charge is 2.49. The van der Waals surface area contributed by atoms with Gasteiger partial charge >= 0.3 is 0 Å². The summed E-state index contributed by atoms with van der Waals surface area (Å²) < 4.78 is 33.8. The van der Waals surface area contributed by atoms with Crippen LogP contribution in [0.2, 0.25) is 0 Å². The minimum absolute atomic E-state index is 0.00774. The Labute approximate surface area is 171 Å². The molecular formula is C20H30N4O4S. The van der Waals surface area contributed by atoms with Gasteiger partial charge in [0.2, 0.25) is 10.0 Å². The highest BCUT2D eigenvalue weighted by Crippen LogP contribution is 2.41. The zero-order valence-electron chi connectivity index (χ0n) is 16.7. The third-order valence-corrected chi connectivity index (χ3v) is 9.39. The number of nitrogens with zero attached hydrogens (tertiary/aromatic N) is 2. The van der Waals surface area contributed by atoms with Crippen LogP contribution in [-0.2, 0) is 10.0 Å². The molecule has 2 N–H and O–H groups in total. The van der Waals surface area contributed by atoms with Gasteiger partial charge in [-0.25, -0.2) is 8.42 Å². The molecule has 160 valence electrons. The second-order valence-corrected chi connectivity index (χ2v) is 11.2. The van der Waals surface area contributed by atoms with Gasteiger partial charge in [-0.2, -0.15) is 4.31 Å². The maximum Gasteiger partial charge on any atom is 0.273 e. The number of carbonyl (C=O) groups excluding carboxylic acids is 1. The van der Waals surface area contributed by atoms with Crippen molar-refractivity contribution in [3.63, 3.8) is 0 Å². The van der Waals surface area contributed by atoms with E-state index in [1.54, 1.807) is 10.4 Å². The maximum atomic E-state index is 13.4. The van der Waals surface area contributed by atoms with E-state index >= 15 is 0 Å². The molecule has 4 heterocycles. The van der Waals surface area contributed by atoms with Gasteiger partial charge in [-0.05, 0) is 57.9 Å². The van der Waals surface area contributed by atoms with Crippen molar-refractivity contribution in [3.8, 4) is 0 Å². The summed E-state index contributed by atoms with van der Waals surface area (Å²) in [5, 5.41) is 9.95. The van der Waals surface area contributed by atoms with Crippen LogP contribution in [0, 0.1) is 0 Å². The number of carbonyl (C=O) groups is 1. The molecule has 5 rings (SSSR count). The lowest BCUT2D eigenvalue weighted by Gasteiger charge is -2.39. The van der Waals surface area contributed by atoms with Crippen molar-refractivity contribution in [1.29, 1.82) is 0 Å². The topological polar surface area (TPSA) is 105 Å². The number of fused-ring (bicyclic) bond motifs is 2. The summed E-state index contributed by atoms with van der Waals surface area (Å²) in [6.07, 6.45) is 8.05. The fourth-order valence-electron chi connectivity index (χ4n) is 5.30. The van der Waals surface area contributed by atoms with Crippen LogP contribution in [0.25, 0.3) is 0 Å². The molecule has 4 aliphatic rings. The second kappa shape index (κ2) is 7.67.